The smallest absolute Gasteiger partial charge is 0.276 e. The van der Waals surface area contributed by atoms with Gasteiger partial charge in [-0.15, -0.1) is 10.2 Å². The molecule has 0 aliphatic carbocycles. The number of nitrogens with zero attached hydrogens (tertiary/aromatic N) is 4. The molecule has 0 N–H and O–H groups in total. The maximum absolute atomic E-state index is 5.62. The molecule has 2 aromatic heterocycles. The second kappa shape index (κ2) is 6.16. The average molecular weight is 276 g/mol. The van der Waals surface area contributed by atoms with E-state index in [1.807, 2.05) is 12.1 Å². The molecule has 1 saturated heterocycles. The zero-order chi connectivity index (χ0) is 12.9. The molecule has 0 atom stereocenters. The van der Waals surface area contributed by atoms with Gasteiger partial charge in [0.25, 0.3) is 5.22 Å². The molecule has 6 heteroatoms. The third kappa shape index (κ3) is 3.33. The van der Waals surface area contributed by atoms with Crippen molar-refractivity contribution in [1.29, 1.82) is 0 Å². The molecule has 5 nitrogen and oxygen atoms in total. The van der Waals surface area contributed by atoms with E-state index >= 15 is 0 Å². The van der Waals surface area contributed by atoms with Crippen molar-refractivity contribution in [3.05, 3.63) is 24.5 Å². The minimum Gasteiger partial charge on any atom is -0.411 e. The normalized spacial score (nSPS) is 16.0. The van der Waals surface area contributed by atoms with Crippen LogP contribution in [0, 0.1) is 0 Å². The van der Waals surface area contributed by atoms with Crippen molar-refractivity contribution in [2.45, 2.75) is 18.1 Å². The third-order valence-electron chi connectivity index (χ3n) is 3.15. The summed E-state index contributed by atoms with van der Waals surface area (Å²) in [4.78, 5) is 6.52. The van der Waals surface area contributed by atoms with E-state index in [2.05, 4.69) is 20.1 Å². The molecule has 0 spiro atoms. The van der Waals surface area contributed by atoms with Crippen molar-refractivity contribution in [3.63, 3.8) is 0 Å². The molecule has 1 fully saturated rings. The lowest BCUT2D eigenvalue weighted by Gasteiger charge is -2.12. The summed E-state index contributed by atoms with van der Waals surface area (Å²) in [6.07, 6.45) is 6.12. The Labute approximate surface area is 116 Å². The van der Waals surface area contributed by atoms with Crippen LogP contribution >= 0.6 is 11.8 Å². The van der Waals surface area contributed by atoms with Crippen LogP contribution in [0.2, 0.25) is 0 Å². The highest BCUT2D eigenvalue weighted by Gasteiger charge is 2.12. The molecule has 3 rings (SSSR count). The first-order valence-corrected chi connectivity index (χ1v) is 7.49. The van der Waals surface area contributed by atoms with E-state index in [-0.39, 0.29) is 0 Å². The Morgan fingerprint density at radius 3 is 2.95 bits per heavy atom. The Morgan fingerprint density at radius 2 is 2.16 bits per heavy atom. The van der Waals surface area contributed by atoms with Crippen LogP contribution in [0.4, 0.5) is 0 Å². The SMILES string of the molecule is c1cncc(-c2nnc(SCCN3CCCC3)o2)c1. The highest BCUT2D eigenvalue weighted by atomic mass is 32.2. The Morgan fingerprint density at radius 1 is 1.26 bits per heavy atom. The van der Waals surface area contributed by atoms with E-state index in [1.165, 1.54) is 25.9 Å². The highest BCUT2D eigenvalue weighted by Crippen LogP contribution is 2.22. The molecular weight excluding hydrogens is 260 g/mol. The molecule has 2 aromatic rings. The second-order valence-corrected chi connectivity index (χ2v) is 5.56. The van der Waals surface area contributed by atoms with Gasteiger partial charge in [0.2, 0.25) is 5.89 Å². The van der Waals surface area contributed by atoms with E-state index < -0.39 is 0 Å². The third-order valence-corrected chi connectivity index (χ3v) is 3.95. The van der Waals surface area contributed by atoms with Gasteiger partial charge in [0, 0.05) is 24.7 Å². The van der Waals surface area contributed by atoms with Gasteiger partial charge in [-0.25, -0.2) is 0 Å². The zero-order valence-corrected chi connectivity index (χ0v) is 11.5. The predicted octanol–water partition coefficient (Wildman–Crippen LogP) is 2.32. The first-order chi connectivity index (χ1) is 9.42. The number of pyridine rings is 1. The number of rotatable bonds is 5. The molecule has 3 heterocycles. The number of hydrogen-bond acceptors (Lipinski definition) is 6. The lowest BCUT2D eigenvalue weighted by molar-refractivity contribution is 0.361. The van der Waals surface area contributed by atoms with E-state index in [9.17, 15) is 0 Å². The Kier molecular flexibility index (Phi) is 4.10. The van der Waals surface area contributed by atoms with E-state index in [1.54, 1.807) is 24.2 Å². The molecule has 100 valence electrons. The van der Waals surface area contributed by atoms with Crippen LogP contribution in [0.25, 0.3) is 11.5 Å². The topological polar surface area (TPSA) is 55.1 Å². The Hall–Kier alpha value is -1.40. The molecule has 19 heavy (non-hydrogen) atoms. The van der Waals surface area contributed by atoms with Gasteiger partial charge >= 0.3 is 0 Å². The first-order valence-electron chi connectivity index (χ1n) is 6.51. The lowest BCUT2D eigenvalue weighted by atomic mass is 10.3. The van der Waals surface area contributed by atoms with Gasteiger partial charge in [-0.05, 0) is 38.1 Å². The zero-order valence-electron chi connectivity index (χ0n) is 10.7. The van der Waals surface area contributed by atoms with Crippen LogP contribution in [0.5, 0.6) is 0 Å². The van der Waals surface area contributed by atoms with Crippen LogP contribution in [-0.4, -0.2) is 45.5 Å². The van der Waals surface area contributed by atoms with Crippen molar-refractivity contribution in [2.24, 2.45) is 0 Å². The van der Waals surface area contributed by atoms with E-state index in [0.717, 1.165) is 17.9 Å². The molecule has 1 aliphatic rings. The molecule has 0 radical (unpaired) electrons. The molecule has 0 aromatic carbocycles. The quantitative estimate of drug-likeness (QED) is 0.781. The number of hydrogen-bond donors (Lipinski definition) is 0. The van der Waals surface area contributed by atoms with Crippen LogP contribution in [0.3, 0.4) is 0 Å². The first kappa shape index (κ1) is 12.6. The maximum atomic E-state index is 5.62. The molecule has 0 amide bonds. The largest absolute Gasteiger partial charge is 0.411 e. The average Bonchev–Trinajstić information content (AvgIpc) is 3.11. The van der Waals surface area contributed by atoms with Gasteiger partial charge in [0.05, 0.1) is 5.56 Å². The van der Waals surface area contributed by atoms with Crippen molar-refractivity contribution in [1.82, 2.24) is 20.1 Å². The number of aromatic nitrogens is 3. The van der Waals surface area contributed by atoms with E-state index in [4.69, 9.17) is 4.42 Å². The summed E-state index contributed by atoms with van der Waals surface area (Å²) in [5, 5.41) is 8.74. The van der Waals surface area contributed by atoms with Gasteiger partial charge in [-0.1, -0.05) is 11.8 Å². The van der Waals surface area contributed by atoms with Gasteiger partial charge in [0.1, 0.15) is 0 Å². The van der Waals surface area contributed by atoms with Crippen LogP contribution in [0.1, 0.15) is 12.8 Å². The molecule has 0 unspecified atom stereocenters. The summed E-state index contributed by atoms with van der Waals surface area (Å²) in [7, 11) is 0. The van der Waals surface area contributed by atoms with Crippen LogP contribution < -0.4 is 0 Å². The second-order valence-electron chi connectivity index (χ2n) is 4.51. The fourth-order valence-corrected chi connectivity index (χ4v) is 2.90. The fraction of sp³-hybridized carbons (Fsp3) is 0.462. The minimum atomic E-state index is 0.539. The highest BCUT2D eigenvalue weighted by molar-refractivity contribution is 7.99. The number of likely N-dealkylation sites (tertiary alicyclic amines) is 1. The van der Waals surface area contributed by atoms with Crippen molar-refractivity contribution in [2.75, 3.05) is 25.4 Å². The predicted molar refractivity (Wildman–Crippen MR) is 73.9 cm³/mol. The van der Waals surface area contributed by atoms with Crippen molar-refractivity contribution in [3.8, 4) is 11.5 Å². The molecular formula is C13H16N4OS. The Balaban J connectivity index is 1.53. The summed E-state index contributed by atoms with van der Waals surface area (Å²) >= 11 is 1.62. The van der Waals surface area contributed by atoms with Crippen molar-refractivity contribution < 1.29 is 4.42 Å². The monoisotopic (exact) mass is 276 g/mol. The minimum absolute atomic E-state index is 0.539. The number of thioether (sulfide) groups is 1. The van der Waals surface area contributed by atoms with E-state index in [0.29, 0.717) is 11.1 Å². The van der Waals surface area contributed by atoms with Crippen LogP contribution in [0.15, 0.2) is 34.2 Å². The van der Waals surface area contributed by atoms with Crippen molar-refractivity contribution >= 4 is 11.8 Å². The Bertz CT molecular complexity index is 510. The van der Waals surface area contributed by atoms with Gasteiger partial charge in [-0.3, -0.25) is 4.98 Å². The van der Waals surface area contributed by atoms with Gasteiger partial charge in [-0.2, -0.15) is 0 Å². The van der Waals surface area contributed by atoms with Crippen LogP contribution in [-0.2, 0) is 0 Å². The fourth-order valence-electron chi connectivity index (χ4n) is 2.14. The summed E-state index contributed by atoms with van der Waals surface area (Å²) in [5.74, 6) is 1.53. The lowest BCUT2D eigenvalue weighted by Crippen LogP contribution is -2.21. The summed E-state index contributed by atoms with van der Waals surface area (Å²) < 4.78 is 5.62. The summed E-state index contributed by atoms with van der Waals surface area (Å²) in [6.45, 7) is 3.55. The van der Waals surface area contributed by atoms with Gasteiger partial charge in [0.15, 0.2) is 0 Å². The summed E-state index contributed by atoms with van der Waals surface area (Å²) in [6, 6.07) is 3.78. The molecule has 0 bridgehead atoms. The van der Waals surface area contributed by atoms with Gasteiger partial charge < -0.3 is 9.32 Å². The molecule has 0 saturated carbocycles. The standard InChI is InChI=1S/C13H16N4OS/c1-2-7-17(6-1)8-9-19-13-16-15-12(18-13)11-4-3-5-14-10-11/h3-5,10H,1-2,6-9H2. The molecule has 1 aliphatic heterocycles. The maximum Gasteiger partial charge on any atom is 0.276 e. The summed E-state index contributed by atoms with van der Waals surface area (Å²) in [5.41, 5.74) is 0.862.